The number of hydrogen-bond donors (Lipinski definition) is 1. The second kappa shape index (κ2) is 6.13. The molecule has 2 aromatic heterocycles. The molecule has 6 nitrogen and oxygen atoms in total. The summed E-state index contributed by atoms with van der Waals surface area (Å²) in [5.74, 6) is 7.84. The lowest BCUT2D eigenvalue weighted by molar-refractivity contribution is 0.174. The Morgan fingerprint density at radius 2 is 1.96 bits per heavy atom. The number of rotatable bonds is 1. The maximum Gasteiger partial charge on any atom is 0.231 e. The average Bonchev–Trinajstić information content (AvgIpc) is 3.09. The zero-order valence-corrected chi connectivity index (χ0v) is 13.5. The van der Waals surface area contributed by atoms with Crippen LogP contribution in [-0.2, 0) is 0 Å². The molecule has 3 aromatic rings. The van der Waals surface area contributed by atoms with Crippen LogP contribution < -0.4 is 15.2 Å². The summed E-state index contributed by atoms with van der Waals surface area (Å²) >= 11 is 0. The summed E-state index contributed by atoms with van der Waals surface area (Å²) in [4.78, 5) is 12.7. The number of nitrogens with zero attached hydrogens (tertiary/aromatic N) is 3. The van der Waals surface area contributed by atoms with Crippen molar-refractivity contribution in [2.45, 2.75) is 6.92 Å². The van der Waals surface area contributed by atoms with E-state index in [2.05, 4.69) is 26.8 Å². The van der Waals surface area contributed by atoms with E-state index >= 15 is 0 Å². The van der Waals surface area contributed by atoms with Gasteiger partial charge in [-0.25, -0.2) is 9.97 Å². The van der Waals surface area contributed by atoms with Gasteiger partial charge >= 0.3 is 0 Å². The van der Waals surface area contributed by atoms with Crippen LogP contribution in [0.2, 0.25) is 0 Å². The van der Waals surface area contributed by atoms with Gasteiger partial charge in [0.15, 0.2) is 11.5 Å². The summed E-state index contributed by atoms with van der Waals surface area (Å²) in [6, 6.07) is 9.37. The third-order valence-electron chi connectivity index (χ3n) is 3.75. The first-order chi connectivity index (χ1) is 12.2. The van der Waals surface area contributed by atoms with Gasteiger partial charge in [0, 0.05) is 23.5 Å². The highest BCUT2D eigenvalue weighted by molar-refractivity contribution is 5.72. The SMILES string of the molecule is Cc1nc(N)nc(-c2ccc3c(c2)OCO3)c1C#Cc1cccnc1. The number of fused-ring (bicyclic) bond motifs is 1. The molecule has 0 amide bonds. The van der Waals surface area contributed by atoms with Crippen LogP contribution in [0.3, 0.4) is 0 Å². The van der Waals surface area contributed by atoms with Gasteiger partial charge in [-0.05, 0) is 37.3 Å². The van der Waals surface area contributed by atoms with Crippen LogP contribution in [0, 0.1) is 18.8 Å². The normalized spacial score (nSPS) is 11.7. The first-order valence-corrected chi connectivity index (χ1v) is 7.67. The van der Waals surface area contributed by atoms with E-state index in [-0.39, 0.29) is 12.7 Å². The topological polar surface area (TPSA) is 83.2 Å². The highest BCUT2D eigenvalue weighted by Crippen LogP contribution is 2.36. The molecule has 0 spiro atoms. The number of aryl methyl sites for hydroxylation is 1. The summed E-state index contributed by atoms with van der Waals surface area (Å²) in [6.45, 7) is 2.08. The Morgan fingerprint density at radius 1 is 1.08 bits per heavy atom. The van der Waals surface area contributed by atoms with Gasteiger partial charge in [-0.3, -0.25) is 4.98 Å². The van der Waals surface area contributed by atoms with Gasteiger partial charge < -0.3 is 15.2 Å². The Kier molecular flexibility index (Phi) is 3.67. The molecule has 0 radical (unpaired) electrons. The van der Waals surface area contributed by atoms with Crippen LogP contribution in [0.1, 0.15) is 16.8 Å². The van der Waals surface area contributed by atoms with Crippen LogP contribution in [0.4, 0.5) is 5.95 Å². The number of nitrogen functional groups attached to an aromatic ring is 1. The number of pyridine rings is 1. The van der Waals surface area contributed by atoms with Crippen molar-refractivity contribution < 1.29 is 9.47 Å². The predicted molar refractivity (Wildman–Crippen MR) is 93.0 cm³/mol. The molecule has 0 fully saturated rings. The lowest BCUT2D eigenvalue weighted by Gasteiger charge is -2.08. The third-order valence-corrected chi connectivity index (χ3v) is 3.75. The second-order valence-electron chi connectivity index (χ2n) is 5.45. The van der Waals surface area contributed by atoms with Crippen LogP contribution in [0.15, 0.2) is 42.7 Å². The number of benzene rings is 1. The number of hydrogen-bond acceptors (Lipinski definition) is 6. The molecule has 1 aliphatic rings. The molecule has 4 rings (SSSR count). The number of nitrogens with two attached hydrogens (primary N) is 1. The molecule has 0 aliphatic carbocycles. The van der Waals surface area contributed by atoms with Crippen LogP contribution in [0.25, 0.3) is 11.3 Å². The van der Waals surface area contributed by atoms with Gasteiger partial charge in [-0.2, -0.15) is 0 Å². The van der Waals surface area contributed by atoms with Crippen molar-refractivity contribution in [3.63, 3.8) is 0 Å². The van der Waals surface area contributed by atoms with E-state index < -0.39 is 0 Å². The lowest BCUT2D eigenvalue weighted by atomic mass is 10.0. The molecule has 1 aliphatic heterocycles. The molecule has 0 saturated carbocycles. The molecule has 25 heavy (non-hydrogen) atoms. The Hall–Kier alpha value is -3.59. The van der Waals surface area contributed by atoms with E-state index in [1.807, 2.05) is 37.3 Å². The first kappa shape index (κ1) is 15.0. The Morgan fingerprint density at radius 3 is 2.80 bits per heavy atom. The minimum absolute atomic E-state index is 0.206. The van der Waals surface area contributed by atoms with Crippen molar-refractivity contribution in [2.24, 2.45) is 0 Å². The molecular weight excluding hydrogens is 316 g/mol. The maximum absolute atomic E-state index is 5.85. The molecule has 0 bridgehead atoms. The molecule has 0 saturated heterocycles. The highest BCUT2D eigenvalue weighted by atomic mass is 16.7. The van der Waals surface area contributed by atoms with Crippen LogP contribution in [0.5, 0.6) is 11.5 Å². The van der Waals surface area contributed by atoms with Crippen molar-refractivity contribution in [1.29, 1.82) is 0 Å². The Bertz CT molecular complexity index is 1010. The fourth-order valence-electron chi connectivity index (χ4n) is 2.57. The molecular formula is C19H14N4O2. The highest BCUT2D eigenvalue weighted by Gasteiger charge is 2.17. The summed E-state index contributed by atoms with van der Waals surface area (Å²) < 4.78 is 10.8. The Balaban J connectivity index is 1.84. The van der Waals surface area contributed by atoms with Gasteiger partial charge in [0.05, 0.1) is 17.0 Å². The van der Waals surface area contributed by atoms with E-state index in [4.69, 9.17) is 15.2 Å². The fourth-order valence-corrected chi connectivity index (χ4v) is 2.57. The zero-order valence-electron chi connectivity index (χ0n) is 13.5. The van der Waals surface area contributed by atoms with E-state index in [1.54, 1.807) is 12.4 Å². The summed E-state index contributed by atoms with van der Waals surface area (Å²) in [5, 5.41) is 0. The molecule has 1 aromatic carbocycles. The smallest absolute Gasteiger partial charge is 0.231 e. The molecule has 122 valence electrons. The minimum atomic E-state index is 0.206. The Labute approximate surface area is 144 Å². The van der Waals surface area contributed by atoms with Gasteiger partial charge in [0.1, 0.15) is 0 Å². The van der Waals surface area contributed by atoms with Crippen LogP contribution >= 0.6 is 0 Å². The number of ether oxygens (including phenoxy) is 2. The quantitative estimate of drug-likeness (QED) is 0.691. The van der Waals surface area contributed by atoms with Crippen LogP contribution in [-0.4, -0.2) is 21.7 Å². The van der Waals surface area contributed by atoms with Gasteiger partial charge in [-0.15, -0.1) is 0 Å². The van der Waals surface area contributed by atoms with E-state index in [1.165, 1.54) is 0 Å². The fraction of sp³-hybridized carbons (Fsp3) is 0.105. The van der Waals surface area contributed by atoms with Crippen molar-refractivity contribution in [2.75, 3.05) is 12.5 Å². The second-order valence-corrected chi connectivity index (χ2v) is 5.45. The van der Waals surface area contributed by atoms with Crippen molar-refractivity contribution in [1.82, 2.24) is 15.0 Å². The van der Waals surface area contributed by atoms with E-state index in [0.717, 1.165) is 22.4 Å². The monoisotopic (exact) mass is 330 g/mol. The molecule has 6 heteroatoms. The van der Waals surface area contributed by atoms with Crippen molar-refractivity contribution >= 4 is 5.95 Å². The first-order valence-electron chi connectivity index (χ1n) is 7.67. The zero-order chi connectivity index (χ0) is 17.2. The summed E-state index contributed by atoms with van der Waals surface area (Å²) in [7, 11) is 0. The van der Waals surface area contributed by atoms with Gasteiger partial charge in [0.2, 0.25) is 12.7 Å². The number of anilines is 1. The predicted octanol–water partition coefficient (Wildman–Crippen LogP) is 2.56. The molecule has 2 N–H and O–H groups in total. The molecule has 0 atom stereocenters. The maximum atomic E-state index is 5.85. The van der Waals surface area contributed by atoms with E-state index in [9.17, 15) is 0 Å². The minimum Gasteiger partial charge on any atom is -0.454 e. The van der Waals surface area contributed by atoms with Crippen molar-refractivity contribution in [3.05, 3.63) is 59.5 Å². The molecule has 3 heterocycles. The number of aromatic nitrogens is 3. The standard InChI is InChI=1S/C19H14N4O2/c1-12-15(6-4-13-3-2-8-21-10-13)18(23-19(20)22-12)14-5-7-16-17(9-14)25-11-24-16/h2-3,5,7-10H,11H2,1H3,(H2,20,22,23). The van der Waals surface area contributed by atoms with Gasteiger partial charge in [0.25, 0.3) is 0 Å². The van der Waals surface area contributed by atoms with Gasteiger partial charge in [-0.1, -0.05) is 11.8 Å². The van der Waals surface area contributed by atoms with E-state index in [0.29, 0.717) is 17.2 Å². The summed E-state index contributed by atoms with van der Waals surface area (Å²) in [6.07, 6.45) is 3.42. The molecule has 0 unspecified atom stereocenters. The summed E-state index contributed by atoms with van der Waals surface area (Å²) in [5.41, 5.74) is 9.61. The van der Waals surface area contributed by atoms with Crippen molar-refractivity contribution in [3.8, 4) is 34.6 Å². The lowest BCUT2D eigenvalue weighted by Crippen LogP contribution is -2.03. The third kappa shape index (κ3) is 2.95. The average molecular weight is 330 g/mol. The largest absolute Gasteiger partial charge is 0.454 e.